The molecule has 0 aromatic heterocycles. The minimum absolute atomic E-state index is 0.0520. The Morgan fingerprint density at radius 3 is 2.94 bits per heavy atom. The molecular weight excluding hydrogens is 231 g/mol. The number of hydrogen-bond donors (Lipinski definition) is 1. The van der Waals surface area contributed by atoms with E-state index in [4.69, 9.17) is 0 Å². The van der Waals surface area contributed by atoms with E-state index in [1.54, 1.807) is 12.1 Å². The summed E-state index contributed by atoms with van der Waals surface area (Å²) in [5.74, 6) is -0.404. The van der Waals surface area contributed by atoms with Crippen LogP contribution in [0, 0.1) is 5.82 Å². The summed E-state index contributed by atoms with van der Waals surface area (Å²) >= 11 is 0. The topological polar surface area (TPSA) is 32.3 Å². The number of carbonyl (C=O) groups is 1. The van der Waals surface area contributed by atoms with Gasteiger partial charge in [-0.05, 0) is 37.5 Å². The second kappa shape index (κ2) is 4.69. The molecule has 3 rings (SSSR count). The molecule has 2 aliphatic rings. The lowest BCUT2D eigenvalue weighted by molar-refractivity contribution is 0.0747. The van der Waals surface area contributed by atoms with E-state index >= 15 is 0 Å². The summed E-state index contributed by atoms with van der Waals surface area (Å²) in [5.41, 5.74) is 0.452. The second-order valence-electron chi connectivity index (χ2n) is 5.19. The summed E-state index contributed by atoms with van der Waals surface area (Å²) in [6.45, 7) is 1.51. The van der Waals surface area contributed by atoms with E-state index in [0.29, 0.717) is 17.6 Å². The Labute approximate surface area is 106 Å². The number of likely N-dealkylation sites (tertiary alicyclic amines) is 1. The zero-order valence-electron chi connectivity index (χ0n) is 10.2. The van der Waals surface area contributed by atoms with Crippen molar-refractivity contribution in [2.75, 3.05) is 13.1 Å². The molecule has 0 spiro atoms. The van der Waals surface area contributed by atoms with E-state index < -0.39 is 0 Å². The Balaban J connectivity index is 1.76. The van der Waals surface area contributed by atoms with Crippen LogP contribution in [0.5, 0.6) is 0 Å². The first-order chi connectivity index (χ1) is 8.72. The Bertz CT molecular complexity index is 463. The molecule has 18 heavy (non-hydrogen) atoms. The minimum atomic E-state index is -0.352. The molecule has 2 fully saturated rings. The molecule has 2 atom stereocenters. The third kappa shape index (κ3) is 2.25. The van der Waals surface area contributed by atoms with Crippen molar-refractivity contribution in [3.63, 3.8) is 0 Å². The number of benzene rings is 1. The van der Waals surface area contributed by atoms with E-state index in [-0.39, 0.29) is 11.7 Å². The van der Waals surface area contributed by atoms with Crippen LogP contribution in [0.4, 0.5) is 4.39 Å². The van der Waals surface area contributed by atoms with Crippen LogP contribution in [0.25, 0.3) is 0 Å². The Hall–Kier alpha value is -1.42. The molecule has 2 bridgehead atoms. The maximum Gasteiger partial charge on any atom is 0.254 e. The standard InChI is InChI=1S/C14H17FN2O/c15-11-3-1-2-10(8-11)14(18)17-7-6-12-4-5-13(9-17)16-12/h1-3,8,12-13,16H,4-7,9H2. The molecule has 0 radical (unpaired) electrons. The highest BCUT2D eigenvalue weighted by molar-refractivity contribution is 5.94. The van der Waals surface area contributed by atoms with Crippen LogP contribution in [0.15, 0.2) is 24.3 Å². The third-order valence-corrected chi connectivity index (χ3v) is 3.88. The molecule has 1 aromatic carbocycles. The van der Waals surface area contributed by atoms with Crippen LogP contribution in [0.3, 0.4) is 0 Å². The average molecular weight is 248 g/mol. The van der Waals surface area contributed by atoms with E-state index in [1.807, 2.05) is 4.90 Å². The van der Waals surface area contributed by atoms with Crippen molar-refractivity contribution in [1.29, 1.82) is 0 Å². The molecule has 1 amide bonds. The smallest absolute Gasteiger partial charge is 0.254 e. The van der Waals surface area contributed by atoms with Crippen molar-refractivity contribution in [2.24, 2.45) is 0 Å². The van der Waals surface area contributed by atoms with Crippen LogP contribution < -0.4 is 5.32 Å². The van der Waals surface area contributed by atoms with Gasteiger partial charge in [-0.25, -0.2) is 4.39 Å². The van der Waals surface area contributed by atoms with Gasteiger partial charge in [0.2, 0.25) is 0 Å². The number of fused-ring (bicyclic) bond motifs is 2. The van der Waals surface area contributed by atoms with Crippen LogP contribution in [-0.4, -0.2) is 36.0 Å². The molecule has 96 valence electrons. The van der Waals surface area contributed by atoms with Gasteiger partial charge in [-0.15, -0.1) is 0 Å². The van der Waals surface area contributed by atoms with Gasteiger partial charge in [0, 0.05) is 30.7 Å². The maximum atomic E-state index is 13.1. The van der Waals surface area contributed by atoms with Crippen molar-refractivity contribution in [2.45, 2.75) is 31.3 Å². The van der Waals surface area contributed by atoms with Crippen molar-refractivity contribution in [3.05, 3.63) is 35.6 Å². The summed E-state index contributed by atoms with van der Waals surface area (Å²) in [4.78, 5) is 14.2. The molecular formula is C14H17FN2O. The molecule has 1 N–H and O–H groups in total. The number of carbonyl (C=O) groups excluding carboxylic acids is 1. The fraction of sp³-hybridized carbons (Fsp3) is 0.500. The molecule has 0 aliphatic carbocycles. The predicted octanol–water partition coefficient (Wildman–Crippen LogP) is 1.79. The van der Waals surface area contributed by atoms with Crippen molar-refractivity contribution >= 4 is 5.91 Å². The Morgan fingerprint density at radius 2 is 2.11 bits per heavy atom. The quantitative estimate of drug-likeness (QED) is 0.822. The van der Waals surface area contributed by atoms with Crippen molar-refractivity contribution in [1.82, 2.24) is 10.2 Å². The lowest BCUT2D eigenvalue weighted by Gasteiger charge is -2.24. The summed E-state index contributed by atoms with van der Waals surface area (Å²) in [5, 5.41) is 3.53. The number of nitrogens with zero attached hydrogens (tertiary/aromatic N) is 1. The largest absolute Gasteiger partial charge is 0.337 e. The normalized spacial score (nSPS) is 27.1. The average Bonchev–Trinajstić information content (AvgIpc) is 2.68. The van der Waals surface area contributed by atoms with Crippen molar-refractivity contribution in [3.8, 4) is 0 Å². The fourth-order valence-corrected chi connectivity index (χ4v) is 2.93. The van der Waals surface area contributed by atoms with Gasteiger partial charge in [-0.3, -0.25) is 4.79 Å². The molecule has 2 aliphatic heterocycles. The first-order valence-corrected chi connectivity index (χ1v) is 6.53. The first-order valence-electron chi connectivity index (χ1n) is 6.53. The van der Waals surface area contributed by atoms with Gasteiger partial charge in [0.25, 0.3) is 5.91 Å². The monoisotopic (exact) mass is 248 g/mol. The van der Waals surface area contributed by atoms with Crippen LogP contribution in [0.1, 0.15) is 29.6 Å². The minimum Gasteiger partial charge on any atom is -0.337 e. The molecule has 3 nitrogen and oxygen atoms in total. The van der Waals surface area contributed by atoms with Gasteiger partial charge in [0.15, 0.2) is 0 Å². The highest BCUT2D eigenvalue weighted by Gasteiger charge is 2.31. The number of halogens is 1. The van der Waals surface area contributed by atoms with Gasteiger partial charge in [-0.1, -0.05) is 6.07 Å². The number of rotatable bonds is 1. The third-order valence-electron chi connectivity index (χ3n) is 3.88. The Kier molecular flexibility index (Phi) is 3.04. The molecule has 1 aromatic rings. The van der Waals surface area contributed by atoms with Gasteiger partial charge < -0.3 is 10.2 Å². The van der Waals surface area contributed by atoms with Crippen molar-refractivity contribution < 1.29 is 9.18 Å². The summed E-state index contributed by atoms with van der Waals surface area (Å²) in [7, 11) is 0. The van der Waals surface area contributed by atoms with Gasteiger partial charge >= 0.3 is 0 Å². The number of nitrogens with one attached hydrogen (secondary N) is 1. The zero-order valence-corrected chi connectivity index (χ0v) is 10.2. The summed E-state index contributed by atoms with van der Waals surface area (Å²) in [6, 6.07) is 6.92. The lowest BCUT2D eigenvalue weighted by atomic mass is 10.1. The molecule has 2 saturated heterocycles. The van der Waals surface area contributed by atoms with Gasteiger partial charge in [0.05, 0.1) is 0 Å². The van der Waals surface area contributed by atoms with Gasteiger partial charge in [-0.2, -0.15) is 0 Å². The highest BCUT2D eigenvalue weighted by atomic mass is 19.1. The van der Waals surface area contributed by atoms with E-state index in [0.717, 1.165) is 25.9 Å². The number of hydrogen-bond acceptors (Lipinski definition) is 2. The molecule has 0 saturated carbocycles. The first kappa shape index (κ1) is 11.7. The maximum absolute atomic E-state index is 13.1. The Morgan fingerprint density at radius 1 is 1.28 bits per heavy atom. The SMILES string of the molecule is O=C(c1cccc(F)c1)N1CCC2CCC(C1)N2. The number of amides is 1. The molecule has 2 unspecified atom stereocenters. The van der Waals surface area contributed by atoms with E-state index in [9.17, 15) is 9.18 Å². The lowest BCUT2D eigenvalue weighted by Crippen LogP contribution is -2.39. The van der Waals surface area contributed by atoms with E-state index in [2.05, 4.69) is 5.32 Å². The summed E-state index contributed by atoms with van der Waals surface area (Å²) < 4.78 is 13.1. The molecule has 2 heterocycles. The van der Waals surface area contributed by atoms with Gasteiger partial charge in [0.1, 0.15) is 5.82 Å². The predicted molar refractivity (Wildman–Crippen MR) is 66.9 cm³/mol. The zero-order chi connectivity index (χ0) is 12.5. The van der Waals surface area contributed by atoms with Crippen LogP contribution >= 0.6 is 0 Å². The molecule has 4 heteroatoms. The van der Waals surface area contributed by atoms with Crippen LogP contribution in [0.2, 0.25) is 0 Å². The highest BCUT2D eigenvalue weighted by Crippen LogP contribution is 2.21. The second-order valence-corrected chi connectivity index (χ2v) is 5.19. The van der Waals surface area contributed by atoms with Crippen LogP contribution in [-0.2, 0) is 0 Å². The summed E-state index contributed by atoms with van der Waals surface area (Å²) in [6.07, 6.45) is 3.35. The van der Waals surface area contributed by atoms with E-state index in [1.165, 1.54) is 18.6 Å². The fourth-order valence-electron chi connectivity index (χ4n) is 2.93.